The first-order valence-electron chi connectivity index (χ1n) is 8.01. The fourth-order valence-electron chi connectivity index (χ4n) is 5.15. The third kappa shape index (κ3) is 1.20. The number of nitrogens with zero attached hydrogens (tertiary/aromatic N) is 1. The van der Waals surface area contributed by atoms with Crippen LogP contribution in [0.3, 0.4) is 0 Å². The van der Waals surface area contributed by atoms with Gasteiger partial charge in [-0.1, -0.05) is 24.3 Å². The van der Waals surface area contributed by atoms with E-state index in [1.807, 2.05) is 0 Å². The van der Waals surface area contributed by atoms with Crippen LogP contribution in [0.15, 0.2) is 35.4 Å². The van der Waals surface area contributed by atoms with Gasteiger partial charge in [-0.25, -0.2) is 0 Å². The summed E-state index contributed by atoms with van der Waals surface area (Å²) in [6, 6.07) is 5.14. The number of allylic oxidation sites excluding steroid dienone is 2. The van der Waals surface area contributed by atoms with E-state index in [-0.39, 0.29) is 11.5 Å². The topological polar surface area (TPSA) is 12.5 Å². The van der Waals surface area contributed by atoms with Crippen LogP contribution < -0.4 is 4.74 Å². The fraction of sp³-hybridized carbons (Fsp3) is 0.474. The van der Waals surface area contributed by atoms with Crippen molar-refractivity contribution in [2.75, 3.05) is 13.6 Å². The third-order valence-corrected chi connectivity index (χ3v) is 6.19. The summed E-state index contributed by atoms with van der Waals surface area (Å²) < 4.78 is 6.53. The van der Waals surface area contributed by atoms with Gasteiger partial charge in [0.15, 0.2) is 0 Å². The zero-order valence-electron chi connectivity index (χ0n) is 12.9. The Labute approximate surface area is 126 Å². The van der Waals surface area contributed by atoms with Crippen molar-refractivity contribution in [3.8, 4) is 5.75 Å². The number of likely N-dealkylation sites (N-methyl/N-ethyl adjacent to an activating group) is 1. The predicted octanol–water partition coefficient (Wildman–Crippen LogP) is 3.14. The molecule has 0 N–H and O–H groups in total. The lowest BCUT2D eigenvalue weighted by atomic mass is 9.56. The highest BCUT2D eigenvalue weighted by Crippen LogP contribution is 2.60. The second-order valence-electron chi connectivity index (χ2n) is 7.20. The summed E-state index contributed by atoms with van der Waals surface area (Å²) in [5, 5.41) is 0. The van der Waals surface area contributed by atoms with E-state index in [2.05, 4.69) is 50.1 Å². The molecule has 2 aliphatic carbocycles. The van der Waals surface area contributed by atoms with Crippen LogP contribution in [-0.2, 0) is 11.8 Å². The molecule has 2 bridgehead atoms. The number of hydrogen-bond acceptors (Lipinski definition) is 2. The van der Waals surface area contributed by atoms with Gasteiger partial charge in [-0.2, -0.15) is 0 Å². The highest BCUT2D eigenvalue weighted by atomic mass is 16.5. The van der Waals surface area contributed by atoms with Crippen molar-refractivity contribution in [1.29, 1.82) is 0 Å². The van der Waals surface area contributed by atoms with E-state index in [4.69, 9.17) is 4.74 Å². The summed E-state index contributed by atoms with van der Waals surface area (Å²) in [6.07, 6.45) is 7.23. The van der Waals surface area contributed by atoms with Gasteiger partial charge < -0.3 is 4.74 Å². The third-order valence-electron chi connectivity index (χ3n) is 6.19. The van der Waals surface area contributed by atoms with Crippen molar-refractivity contribution in [3.05, 3.63) is 52.1 Å². The van der Waals surface area contributed by atoms with Crippen LogP contribution in [-0.4, -0.2) is 30.6 Å². The van der Waals surface area contributed by atoms with Gasteiger partial charge >= 0.3 is 0 Å². The van der Waals surface area contributed by atoms with Crippen molar-refractivity contribution in [2.24, 2.45) is 0 Å². The minimum Gasteiger partial charge on any atom is -0.484 e. The van der Waals surface area contributed by atoms with Gasteiger partial charge in [0.25, 0.3) is 0 Å². The average molecular weight is 279 g/mol. The molecule has 0 radical (unpaired) electrons. The van der Waals surface area contributed by atoms with Crippen LogP contribution in [0.5, 0.6) is 5.75 Å². The Kier molecular flexibility index (Phi) is 2.07. The quantitative estimate of drug-likeness (QED) is 0.723. The SMILES string of the molecule is CC1=CC=C2[C@H]3Cc4ccc(C)c5c4[C@@]2(CCN3C)[C@H]1O5. The predicted molar refractivity (Wildman–Crippen MR) is 83.9 cm³/mol. The molecule has 0 saturated carbocycles. The summed E-state index contributed by atoms with van der Waals surface area (Å²) in [5.41, 5.74) is 7.44. The molecular formula is C19H21NO. The largest absolute Gasteiger partial charge is 0.484 e. The van der Waals surface area contributed by atoms with Crippen LogP contribution in [0.1, 0.15) is 30.0 Å². The van der Waals surface area contributed by atoms with E-state index in [9.17, 15) is 0 Å². The van der Waals surface area contributed by atoms with Crippen LogP contribution in [0.25, 0.3) is 0 Å². The van der Waals surface area contributed by atoms with Gasteiger partial charge in [-0.15, -0.1) is 0 Å². The Morgan fingerprint density at radius 3 is 2.95 bits per heavy atom. The molecule has 1 aromatic carbocycles. The molecule has 108 valence electrons. The summed E-state index contributed by atoms with van der Waals surface area (Å²) in [4.78, 5) is 2.53. The lowest BCUT2D eigenvalue weighted by molar-refractivity contribution is 0.112. The van der Waals surface area contributed by atoms with E-state index in [1.165, 1.54) is 41.0 Å². The second-order valence-corrected chi connectivity index (χ2v) is 7.20. The molecular weight excluding hydrogens is 258 g/mol. The molecule has 4 aliphatic rings. The lowest BCUT2D eigenvalue weighted by Crippen LogP contribution is -2.58. The van der Waals surface area contributed by atoms with Gasteiger partial charge in [0, 0.05) is 11.6 Å². The Morgan fingerprint density at radius 1 is 1.24 bits per heavy atom. The van der Waals surface area contributed by atoms with Gasteiger partial charge in [0.1, 0.15) is 11.9 Å². The monoisotopic (exact) mass is 279 g/mol. The maximum absolute atomic E-state index is 6.53. The number of aryl methyl sites for hydroxylation is 1. The van der Waals surface area contributed by atoms with Crippen molar-refractivity contribution in [1.82, 2.24) is 4.90 Å². The Balaban J connectivity index is 1.89. The summed E-state index contributed by atoms with van der Waals surface area (Å²) >= 11 is 0. The second kappa shape index (κ2) is 3.61. The number of benzene rings is 1. The van der Waals surface area contributed by atoms with Gasteiger partial charge in [0.2, 0.25) is 0 Å². The molecule has 5 rings (SSSR count). The Bertz CT molecular complexity index is 729. The van der Waals surface area contributed by atoms with E-state index >= 15 is 0 Å². The van der Waals surface area contributed by atoms with E-state index in [0.29, 0.717) is 6.04 Å². The van der Waals surface area contributed by atoms with Gasteiger partial charge in [-0.05, 0) is 62.6 Å². The standard InChI is InChI=1S/C19H21NO/c1-11-4-6-13-10-15-14-7-5-12(2)18-19(14,8-9-20(15)3)16(13)17(11)21-18/h4-7,15,18H,8-10H2,1-3H3/t15-,18+,19+/m1/s1. The van der Waals surface area contributed by atoms with Crippen LogP contribution in [0, 0.1) is 6.92 Å². The highest BCUT2D eigenvalue weighted by molar-refractivity contribution is 5.66. The zero-order valence-corrected chi connectivity index (χ0v) is 12.9. The molecule has 1 spiro atoms. The summed E-state index contributed by atoms with van der Waals surface area (Å²) in [6.45, 7) is 5.59. The normalized spacial score (nSPS) is 35.8. The molecule has 0 amide bonds. The van der Waals surface area contributed by atoms with Crippen molar-refractivity contribution < 1.29 is 4.74 Å². The molecule has 2 heterocycles. The van der Waals surface area contributed by atoms with Crippen molar-refractivity contribution >= 4 is 0 Å². The highest BCUT2D eigenvalue weighted by Gasteiger charge is 2.60. The zero-order chi connectivity index (χ0) is 14.4. The number of ether oxygens (including phenoxy) is 1. The molecule has 2 aliphatic heterocycles. The molecule has 2 nitrogen and oxygen atoms in total. The molecule has 0 aromatic heterocycles. The van der Waals surface area contributed by atoms with E-state index in [0.717, 1.165) is 6.42 Å². The summed E-state index contributed by atoms with van der Waals surface area (Å²) in [7, 11) is 2.27. The number of rotatable bonds is 0. The molecule has 1 fully saturated rings. The van der Waals surface area contributed by atoms with Crippen LogP contribution >= 0.6 is 0 Å². The van der Waals surface area contributed by atoms with Crippen molar-refractivity contribution in [2.45, 2.75) is 44.2 Å². The van der Waals surface area contributed by atoms with Gasteiger partial charge in [0.05, 0.1) is 5.41 Å². The first kappa shape index (κ1) is 12.0. The molecule has 21 heavy (non-hydrogen) atoms. The minimum absolute atomic E-state index is 0.130. The molecule has 1 aromatic rings. The first-order chi connectivity index (χ1) is 10.1. The summed E-state index contributed by atoms with van der Waals surface area (Å²) in [5.74, 6) is 1.18. The maximum Gasteiger partial charge on any atom is 0.133 e. The first-order valence-corrected chi connectivity index (χ1v) is 8.01. The molecule has 2 heteroatoms. The number of likely N-dealkylation sites (tertiary alicyclic amines) is 1. The molecule has 1 saturated heterocycles. The van der Waals surface area contributed by atoms with Crippen LogP contribution in [0.2, 0.25) is 0 Å². The number of hydrogen-bond donors (Lipinski definition) is 0. The van der Waals surface area contributed by atoms with Crippen LogP contribution in [0.4, 0.5) is 0 Å². The number of piperidine rings is 1. The van der Waals surface area contributed by atoms with E-state index < -0.39 is 0 Å². The lowest BCUT2D eigenvalue weighted by Gasteiger charge is -2.53. The fourth-order valence-corrected chi connectivity index (χ4v) is 5.15. The molecule has 0 unspecified atom stereocenters. The Morgan fingerprint density at radius 2 is 2.10 bits per heavy atom. The maximum atomic E-state index is 6.53. The average Bonchev–Trinajstić information content (AvgIpc) is 2.83. The van der Waals surface area contributed by atoms with Gasteiger partial charge in [-0.3, -0.25) is 4.90 Å². The minimum atomic E-state index is 0.130. The van der Waals surface area contributed by atoms with E-state index in [1.54, 1.807) is 5.57 Å². The smallest absolute Gasteiger partial charge is 0.133 e. The Hall–Kier alpha value is -1.54. The molecule has 3 atom stereocenters. The van der Waals surface area contributed by atoms with Crippen molar-refractivity contribution in [3.63, 3.8) is 0 Å².